The fraction of sp³-hybridized carbons (Fsp3) is 0.0625. The van der Waals surface area contributed by atoms with Gasteiger partial charge >= 0.3 is 0 Å². The first-order chi connectivity index (χ1) is 10.6. The van der Waals surface area contributed by atoms with Gasteiger partial charge in [0.15, 0.2) is 0 Å². The lowest BCUT2D eigenvalue weighted by molar-refractivity contribution is 0.102. The molecule has 2 N–H and O–H groups in total. The van der Waals surface area contributed by atoms with Gasteiger partial charge in [-0.1, -0.05) is 0 Å². The number of hydrogen-bond donors (Lipinski definition) is 2. The second kappa shape index (κ2) is 5.77. The van der Waals surface area contributed by atoms with Crippen LogP contribution in [0.2, 0.25) is 0 Å². The molecule has 0 aliphatic heterocycles. The van der Waals surface area contributed by atoms with Gasteiger partial charge in [0.2, 0.25) is 0 Å². The zero-order valence-electron chi connectivity index (χ0n) is 11.8. The van der Waals surface area contributed by atoms with Gasteiger partial charge in [-0.15, -0.1) is 0 Å². The van der Waals surface area contributed by atoms with Gasteiger partial charge in [-0.05, 0) is 48.9 Å². The molecular formula is C16H13FN4O. The first kappa shape index (κ1) is 13.9. The van der Waals surface area contributed by atoms with Crippen molar-refractivity contribution < 1.29 is 9.18 Å². The third-order valence-electron chi connectivity index (χ3n) is 3.24. The highest BCUT2D eigenvalue weighted by molar-refractivity contribution is 6.03. The standard InChI is InChI=1S/C16H13FN4O/c1-10-8-12(17)2-3-13(10)19-16(22)15-9-14(20-21-15)11-4-6-18-7-5-11/h2-9H,1H3,(H,19,22)(H,20,21). The molecule has 0 atom stereocenters. The van der Waals surface area contributed by atoms with Crippen LogP contribution in [-0.2, 0) is 0 Å². The van der Waals surface area contributed by atoms with Crippen molar-refractivity contribution in [3.05, 3.63) is 65.9 Å². The Morgan fingerprint density at radius 2 is 1.95 bits per heavy atom. The number of amides is 1. The Kier molecular flexibility index (Phi) is 3.65. The van der Waals surface area contributed by atoms with E-state index in [0.29, 0.717) is 22.6 Å². The number of H-pyrrole nitrogens is 1. The number of nitrogens with one attached hydrogen (secondary N) is 2. The van der Waals surface area contributed by atoms with Crippen LogP contribution in [0.25, 0.3) is 11.3 Å². The zero-order chi connectivity index (χ0) is 15.5. The van der Waals surface area contributed by atoms with Crippen molar-refractivity contribution in [3.63, 3.8) is 0 Å². The van der Waals surface area contributed by atoms with Crippen molar-refractivity contribution in [2.45, 2.75) is 6.92 Å². The predicted molar refractivity (Wildman–Crippen MR) is 80.9 cm³/mol. The topological polar surface area (TPSA) is 70.7 Å². The first-order valence-electron chi connectivity index (χ1n) is 6.67. The van der Waals surface area contributed by atoms with Crippen LogP contribution in [0.15, 0.2) is 48.8 Å². The summed E-state index contributed by atoms with van der Waals surface area (Å²) in [5, 5.41) is 9.54. The smallest absolute Gasteiger partial charge is 0.273 e. The molecule has 0 aliphatic rings. The number of benzene rings is 1. The molecule has 0 bridgehead atoms. The second-order valence-electron chi connectivity index (χ2n) is 4.82. The van der Waals surface area contributed by atoms with E-state index in [4.69, 9.17) is 0 Å². The van der Waals surface area contributed by atoms with Crippen LogP contribution in [0.5, 0.6) is 0 Å². The summed E-state index contributed by atoms with van der Waals surface area (Å²) in [6.07, 6.45) is 3.32. The van der Waals surface area contributed by atoms with Gasteiger partial charge in [-0.2, -0.15) is 5.10 Å². The number of pyridine rings is 1. The lowest BCUT2D eigenvalue weighted by atomic mass is 10.2. The maximum Gasteiger partial charge on any atom is 0.273 e. The molecule has 0 unspecified atom stereocenters. The van der Waals surface area contributed by atoms with Crippen molar-refractivity contribution in [2.24, 2.45) is 0 Å². The molecule has 0 radical (unpaired) electrons. The zero-order valence-corrected chi connectivity index (χ0v) is 11.8. The lowest BCUT2D eigenvalue weighted by Gasteiger charge is -2.06. The number of aromatic amines is 1. The Morgan fingerprint density at radius 3 is 2.68 bits per heavy atom. The molecule has 1 aromatic carbocycles. The number of rotatable bonds is 3. The van der Waals surface area contributed by atoms with Crippen LogP contribution in [-0.4, -0.2) is 21.1 Å². The van der Waals surface area contributed by atoms with Gasteiger partial charge in [0.05, 0.1) is 5.69 Å². The third kappa shape index (κ3) is 2.85. The Labute approximate surface area is 126 Å². The number of carbonyl (C=O) groups is 1. The minimum atomic E-state index is -0.336. The molecule has 5 nitrogen and oxygen atoms in total. The van der Waals surface area contributed by atoms with Crippen molar-refractivity contribution in [2.75, 3.05) is 5.32 Å². The van der Waals surface area contributed by atoms with Gasteiger partial charge in [-0.3, -0.25) is 14.9 Å². The molecule has 3 rings (SSSR count). The van der Waals surface area contributed by atoms with E-state index in [1.807, 2.05) is 12.1 Å². The highest BCUT2D eigenvalue weighted by atomic mass is 19.1. The highest BCUT2D eigenvalue weighted by Crippen LogP contribution is 2.19. The monoisotopic (exact) mass is 296 g/mol. The lowest BCUT2D eigenvalue weighted by Crippen LogP contribution is -2.13. The van der Waals surface area contributed by atoms with Gasteiger partial charge < -0.3 is 5.32 Å². The van der Waals surface area contributed by atoms with Crippen LogP contribution in [0.4, 0.5) is 10.1 Å². The molecule has 3 aromatic rings. The van der Waals surface area contributed by atoms with Crippen molar-refractivity contribution in [1.29, 1.82) is 0 Å². The van der Waals surface area contributed by atoms with Gasteiger partial charge in [0, 0.05) is 23.6 Å². The summed E-state index contributed by atoms with van der Waals surface area (Å²) >= 11 is 0. The SMILES string of the molecule is Cc1cc(F)ccc1NC(=O)c1cc(-c2ccncc2)n[nH]1. The van der Waals surface area contributed by atoms with Crippen LogP contribution in [0.3, 0.4) is 0 Å². The van der Waals surface area contributed by atoms with Crippen LogP contribution >= 0.6 is 0 Å². The van der Waals surface area contributed by atoms with Gasteiger partial charge in [0.1, 0.15) is 11.5 Å². The summed E-state index contributed by atoms with van der Waals surface area (Å²) in [5.41, 5.74) is 3.07. The van der Waals surface area contributed by atoms with Crippen molar-refractivity contribution >= 4 is 11.6 Å². The first-order valence-corrected chi connectivity index (χ1v) is 6.67. The summed E-state index contributed by atoms with van der Waals surface area (Å²) in [6, 6.07) is 9.47. The molecule has 2 heterocycles. The fourth-order valence-electron chi connectivity index (χ4n) is 2.07. The van der Waals surface area contributed by atoms with Gasteiger partial charge in [-0.25, -0.2) is 4.39 Å². The Hall–Kier alpha value is -3.02. The number of halogens is 1. The van der Waals surface area contributed by atoms with E-state index in [2.05, 4.69) is 20.5 Å². The third-order valence-corrected chi connectivity index (χ3v) is 3.24. The molecule has 2 aromatic heterocycles. The van der Waals surface area contributed by atoms with E-state index >= 15 is 0 Å². The maximum absolute atomic E-state index is 13.1. The summed E-state index contributed by atoms with van der Waals surface area (Å²) < 4.78 is 13.1. The Bertz CT molecular complexity index is 814. The Morgan fingerprint density at radius 1 is 1.18 bits per heavy atom. The molecule has 0 aliphatic carbocycles. The summed E-state index contributed by atoms with van der Waals surface area (Å²) in [7, 11) is 0. The second-order valence-corrected chi connectivity index (χ2v) is 4.82. The Balaban J connectivity index is 1.80. The molecule has 0 saturated heterocycles. The summed E-state index contributed by atoms with van der Waals surface area (Å²) in [6.45, 7) is 1.73. The van der Waals surface area contributed by atoms with Crippen LogP contribution in [0.1, 0.15) is 16.1 Å². The van der Waals surface area contributed by atoms with E-state index in [-0.39, 0.29) is 11.7 Å². The summed E-state index contributed by atoms with van der Waals surface area (Å²) in [4.78, 5) is 16.1. The molecule has 6 heteroatoms. The molecule has 1 amide bonds. The molecule has 22 heavy (non-hydrogen) atoms. The summed E-state index contributed by atoms with van der Waals surface area (Å²) in [5.74, 6) is -0.667. The predicted octanol–water partition coefficient (Wildman–Crippen LogP) is 3.17. The van der Waals surface area contributed by atoms with E-state index in [1.165, 1.54) is 18.2 Å². The van der Waals surface area contributed by atoms with E-state index in [9.17, 15) is 9.18 Å². The number of carbonyl (C=O) groups excluding carboxylic acids is 1. The highest BCUT2D eigenvalue weighted by Gasteiger charge is 2.12. The maximum atomic E-state index is 13.1. The number of aromatic nitrogens is 3. The van der Waals surface area contributed by atoms with E-state index in [1.54, 1.807) is 25.4 Å². The molecular weight excluding hydrogens is 283 g/mol. The van der Waals surface area contributed by atoms with Crippen molar-refractivity contribution in [3.8, 4) is 11.3 Å². The van der Waals surface area contributed by atoms with Gasteiger partial charge in [0.25, 0.3) is 5.91 Å². The minimum absolute atomic E-state index is 0.329. The van der Waals surface area contributed by atoms with Crippen molar-refractivity contribution in [1.82, 2.24) is 15.2 Å². The van der Waals surface area contributed by atoms with E-state index in [0.717, 1.165) is 5.56 Å². The average molecular weight is 296 g/mol. The number of hydrogen-bond acceptors (Lipinski definition) is 3. The fourth-order valence-corrected chi connectivity index (χ4v) is 2.07. The molecule has 0 saturated carbocycles. The normalized spacial score (nSPS) is 10.5. The van der Waals surface area contributed by atoms with E-state index < -0.39 is 0 Å². The molecule has 0 spiro atoms. The largest absolute Gasteiger partial charge is 0.320 e. The quantitative estimate of drug-likeness (QED) is 0.780. The minimum Gasteiger partial charge on any atom is -0.320 e. The molecule has 0 fully saturated rings. The number of aryl methyl sites for hydroxylation is 1. The average Bonchev–Trinajstić information content (AvgIpc) is 3.01. The van der Waals surface area contributed by atoms with Crippen LogP contribution in [0, 0.1) is 12.7 Å². The number of nitrogens with zero attached hydrogens (tertiary/aromatic N) is 2. The van der Waals surface area contributed by atoms with Crippen LogP contribution < -0.4 is 5.32 Å². The number of anilines is 1. The molecule has 110 valence electrons.